The van der Waals surface area contributed by atoms with E-state index in [0.29, 0.717) is 24.0 Å². The van der Waals surface area contributed by atoms with Gasteiger partial charge in [0.25, 0.3) is 5.91 Å². The Morgan fingerprint density at radius 3 is 2.84 bits per heavy atom. The zero-order chi connectivity index (χ0) is 22.8. The van der Waals surface area contributed by atoms with Crippen LogP contribution in [-0.2, 0) is 17.9 Å². The van der Waals surface area contributed by atoms with E-state index in [1.165, 1.54) is 11.8 Å². The van der Waals surface area contributed by atoms with Gasteiger partial charge < -0.3 is 14.6 Å². The highest BCUT2D eigenvalue weighted by atomic mass is 79.9. The number of rotatable bonds is 11. The number of aromatic nitrogens is 3. The summed E-state index contributed by atoms with van der Waals surface area (Å²) in [5.74, 6) is 1.32. The van der Waals surface area contributed by atoms with Gasteiger partial charge >= 0.3 is 0 Å². The lowest BCUT2D eigenvalue weighted by molar-refractivity contribution is -0.118. The van der Waals surface area contributed by atoms with Crippen LogP contribution in [0.3, 0.4) is 0 Å². The molecule has 3 aromatic rings. The largest absolute Gasteiger partial charge is 0.496 e. The summed E-state index contributed by atoms with van der Waals surface area (Å²) in [7, 11) is 1.58. The number of methoxy groups -OCH3 is 1. The summed E-state index contributed by atoms with van der Waals surface area (Å²) in [4.78, 5) is 12.2. The zero-order valence-electron chi connectivity index (χ0n) is 17.5. The number of amides is 1. The van der Waals surface area contributed by atoms with Crippen LogP contribution < -0.4 is 15.5 Å². The highest BCUT2D eigenvalue weighted by molar-refractivity contribution is 9.10. The average Bonchev–Trinajstić information content (AvgIpc) is 3.19. The third-order valence-corrected chi connectivity index (χ3v) is 5.71. The first kappa shape index (κ1) is 23.6. The average molecular weight is 515 g/mol. The van der Waals surface area contributed by atoms with Gasteiger partial charge in [0.05, 0.1) is 25.6 Å². The number of benzene rings is 2. The van der Waals surface area contributed by atoms with E-state index in [2.05, 4.69) is 48.6 Å². The fraction of sp³-hybridized carbons (Fsp3) is 0.182. The summed E-state index contributed by atoms with van der Waals surface area (Å²) in [6.07, 6.45) is 3.31. The Kier molecular flexibility index (Phi) is 8.88. The van der Waals surface area contributed by atoms with E-state index in [1.807, 2.05) is 53.1 Å². The van der Waals surface area contributed by atoms with E-state index in [4.69, 9.17) is 4.74 Å². The number of anilines is 1. The lowest BCUT2D eigenvalue weighted by Gasteiger charge is -2.09. The zero-order valence-corrected chi connectivity index (χ0v) is 19.9. The molecule has 0 saturated heterocycles. The van der Waals surface area contributed by atoms with Crippen LogP contribution in [0, 0.1) is 0 Å². The van der Waals surface area contributed by atoms with Crippen LogP contribution in [0.15, 0.2) is 75.9 Å². The Balaban J connectivity index is 1.56. The second-order valence-electron chi connectivity index (χ2n) is 6.49. The normalized spacial score (nSPS) is 10.8. The maximum absolute atomic E-state index is 12.2. The molecule has 0 aliphatic carbocycles. The number of hydrazone groups is 1. The number of nitrogens with one attached hydrogen (secondary N) is 2. The number of halogens is 1. The number of ether oxygens (including phenoxy) is 1. The van der Waals surface area contributed by atoms with Crippen LogP contribution in [0.4, 0.5) is 5.69 Å². The third kappa shape index (κ3) is 6.69. The SMILES string of the molecule is C=CCn1c(CNc2ccccc2)nnc1SCC(=O)N/N=C\c1cc(Br)ccc1OC. The molecule has 0 bridgehead atoms. The minimum atomic E-state index is -0.252. The lowest BCUT2D eigenvalue weighted by atomic mass is 10.2. The van der Waals surface area contributed by atoms with Crippen molar-refractivity contribution in [3.8, 4) is 5.75 Å². The summed E-state index contributed by atoms with van der Waals surface area (Å²) in [5, 5.41) is 16.5. The fourth-order valence-electron chi connectivity index (χ4n) is 2.75. The molecule has 0 saturated carbocycles. The van der Waals surface area contributed by atoms with Crippen molar-refractivity contribution in [2.24, 2.45) is 5.10 Å². The van der Waals surface area contributed by atoms with Crippen LogP contribution in [0.25, 0.3) is 0 Å². The molecule has 0 fully saturated rings. The van der Waals surface area contributed by atoms with Crippen molar-refractivity contribution in [2.75, 3.05) is 18.2 Å². The lowest BCUT2D eigenvalue weighted by Crippen LogP contribution is -2.20. The highest BCUT2D eigenvalue weighted by Gasteiger charge is 2.13. The quantitative estimate of drug-likeness (QED) is 0.173. The first-order valence-electron chi connectivity index (χ1n) is 9.71. The summed E-state index contributed by atoms with van der Waals surface area (Å²) in [6, 6.07) is 15.4. The smallest absolute Gasteiger partial charge is 0.250 e. The first-order chi connectivity index (χ1) is 15.6. The standard InChI is InChI=1S/C22H23BrN6O2S/c1-3-11-29-20(14-24-18-7-5-4-6-8-18)26-28-22(29)32-15-21(30)27-25-13-16-12-17(23)9-10-19(16)31-2/h3-10,12-13,24H,1,11,14-15H2,2H3,(H,27,30)/b25-13-. The van der Waals surface area contributed by atoms with Gasteiger partial charge in [-0.25, -0.2) is 5.43 Å². The van der Waals surface area contributed by atoms with Crippen molar-refractivity contribution in [3.63, 3.8) is 0 Å². The first-order valence-corrected chi connectivity index (χ1v) is 11.5. The number of hydrogen-bond donors (Lipinski definition) is 2. The van der Waals surface area contributed by atoms with Gasteiger partial charge in [-0.05, 0) is 30.3 Å². The van der Waals surface area contributed by atoms with Crippen molar-refractivity contribution in [1.29, 1.82) is 0 Å². The molecule has 0 aliphatic rings. The maximum atomic E-state index is 12.2. The Morgan fingerprint density at radius 1 is 1.28 bits per heavy atom. The molecule has 10 heteroatoms. The maximum Gasteiger partial charge on any atom is 0.250 e. The minimum absolute atomic E-state index is 0.147. The van der Waals surface area contributed by atoms with Gasteiger partial charge in [-0.2, -0.15) is 5.10 Å². The van der Waals surface area contributed by atoms with Gasteiger partial charge in [-0.3, -0.25) is 4.79 Å². The molecule has 3 rings (SSSR count). The molecule has 0 radical (unpaired) electrons. The monoisotopic (exact) mass is 514 g/mol. The summed E-state index contributed by atoms with van der Waals surface area (Å²) in [6.45, 7) is 4.86. The molecule has 2 N–H and O–H groups in total. The van der Waals surface area contributed by atoms with E-state index in [9.17, 15) is 4.79 Å². The molecule has 166 valence electrons. The fourth-order valence-corrected chi connectivity index (χ4v) is 3.89. The van der Waals surface area contributed by atoms with Gasteiger partial charge in [0.15, 0.2) is 11.0 Å². The Labute approximate surface area is 199 Å². The number of allylic oxidation sites excluding steroid dienone is 1. The van der Waals surface area contributed by atoms with Gasteiger partial charge in [-0.15, -0.1) is 16.8 Å². The number of carbonyl (C=O) groups is 1. The molecule has 1 heterocycles. The van der Waals surface area contributed by atoms with E-state index in [1.54, 1.807) is 19.4 Å². The number of para-hydroxylation sites is 1. The molecule has 1 aromatic heterocycles. The van der Waals surface area contributed by atoms with E-state index in [-0.39, 0.29) is 11.7 Å². The van der Waals surface area contributed by atoms with Crippen LogP contribution in [0.5, 0.6) is 5.75 Å². The van der Waals surface area contributed by atoms with Gasteiger partial charge in [-0.1, -0.05) is 52.0 Å². The summed E-state index contributed by atoms with van der Waals surface area (Å²) < 4.78 is 8.11. The number of hydrogen-bond acceptors (Lipinski definition) is 7. The molecule has 0 atom stereocenters. The Hall–Kier alpha value is -3.11. The summed E-state index contributed by atoms with van der Waals surface area (Å²) in [5.41, 5.74) is 4.27. The van der Waals surface area contributed by atoms with Gasteiger partial charge in [0, 0.05) is 22.3 Å². The number of thioether (sulfide) groups is 1. The predicted molar refractivity (Wildman–Crippen MR) is 131 cm³/mol. The van der Waals surface area contributed by atoms with Crippen molar-refractivity contribution < 1.29 is 9.53 Å². The Morgan fingerprint density at radius 2 is 2.09 bits per heavy atom. The Bertz CT molecular complexity index is 1090. The topological polar surface area (TPSA) is 93.4 Å². The van der Waals surface area contributed by atoms with Gasteiger partial charge in [0.1, 0.15) is 5.75 Å². The molecule has 0 unspecified atom stereocenters. The van der Waals surface area contributed by atoms with Gasteiger partial charge in [0.2, 0.25) is 0 Å². The van der Waals surface area contributed by atoms with E-state index < -0.39 is 0 Å². The molecular weight excluding hydrogens is 492 g/mol. The number of carbonyl (C=O) groups excluding carboxylic acids is 1. The molecular formula is C22H23BrN6O2S. The van der Waals surface area contributed by atoms with Crippen molar-refractivity contribution in [1.82, 2.24) is 20.2 Å². The summed E-state index contributed by atoms with van der Waals surface area (Å²) >= 11 is 4.70. The molecule has 2 aromatic carbocycles. The minimum Gasteiger partial charge on any atom is -0.496 e. The van der Waals surface area contributed by atoms with Crippen LogP contribution in [-0.4, -0.2) is 39.7 Å². The molecule has 1 amide bonds. The van der Waals surface area contributed by atoms with Crippen LogP contribution in [0.1, 0.15) is 11.4 Å². The van der Waals surface area contributed by atoms with Crippen molar-refractivity contribution in [3.05, 3.63) is 77.0 Å². The second-order valence-corrected chi connectivity index (χ2v) is 8.34. The van der Waals surface area contributed by atoms with E-state index >= 15 is 0 Å². The number of nitrogens with zero attached hydrogens (tertiary/aromatic N) is 4. The van der Waals surface area contributed by atoms with Crippen molar-refractivity contribution in [2.45, 2.75) is 18.2 Å². The van der Waals surface area contributed by atoms with Crippen LogP contribution in [0.2, 0.25) is 0 Å². The molecule has 8 nitrogen and oxygen atoms in total. The molecule has 0 spiro atoms. The molecule has 32 heavy (non-hydrogen) atoms. The van der Waals surface area contributed by atoms with Crippen LogP contribution >= 0.6 is 27.7 Å². The predicted octanol–water partition coefficient (Wildman–Crippen LogP) is 4.09. The highest BCUT2D eigenvalue weighted by Crippen LogP contribution is 2.21. The third-order valence-electron chi connectivity index (χ3n) is 4.25. The van der Waals surface area contributed by atoms with E-state index in [0.717, 1.165) is 21.5 Å². The van der Waals surface area contributed by atoms with Crippen molar-refractivity contribution >= 4 is 45.5 Å². The molecule has 0 aliphatic heterocycles. The second kappa shape index (κ2) is 12.1.